The second kappa shape index (κ2) is 6.70. The number of aliphatic hydroxyl groups is 1. The fourth-order valence-corrected chi connectivity index (χ4v) is 2.42. The van der Waals surface area contributed by atoms with Gasteiger partial charge in [-0.3, -0.25) is 4.79 Å². The van der Waals surface area contributed by atoms with Crippen molar-refractivity contribution in [3.63, 3.8) is 0 Å². The first-order valence-electron chi connectivity index (χ1n) is 9.62. The first-order chi connectivity index (χ1) is 12.2. The molecule has 1 aliphatic rings. The van der Waals surface area contributed by atoms with Crippen LogP contribution in [0.2, 0.25) is 0 Å². The van der Waals surface area contributed by atoms with Gasteiger partial charge in [0.1, 0.15) is 5.82 Å². The molecule has 2 rings (SSSR count). The summed E-state index contributed by atoms with van der Waals surface area (Å²) in [5, 5.41) is 16.4. The predicted octanol–water partition coefficient (Wildman–Crippen LogP) is 1.75. The van der Waals surface area contributed by atoms with Crippen molar-refractivity contribution in [2.24, 2.45) is 11.6 Å². The van der Waals surface area contributed by atoms with Crippen LogP contribution in [0.5, 0.6) is 0 Å². The first kappa shape index (κ1) is 12.5. The Morgan fingerprint density at radius 3 is 2.83 bits per heavy atom. The number of nitrogens with zero attached hydrogens (tertiary/aromatic N) is 2. The molecular weight excluding hydrogens is 294 g/mol. The monoisotopic (exact) mass is 325 g/mol. The van der Waals surface area contributed by atoms with E-state index in [1.54, 1.807) is 0 Å². The summed E-state index contributed by atoms with van der Waals surface area (Å²) in [6, 6.07) is -0.351. The highest BCUT2D eigenvalue weighted by Crippen LogP contribution is 2.27. The lowest BCUT2D eigenvalue weighted by Gasteiger charge is -2.32. The molecule has 1 heterocycles. The molecule has 1 aliphatic carbocycles. The zero-order valence-electron chi connectivity index (χ0n) is 17.7. The van der Waals surface area contributed by atoms with E-state index in [9.17, 15) is 9.90 Å². The highest BCUT2D eigenvalue weighted by atomic mass is 16.3. The van der Waals surface area contributed by atoms with E-state index in [4.69, 9.17) is 11.2 Å². The Kier molecular flexibility index (Phi) is 3.65. The highest BCUT2D eigenvalue weighted by Gasteiger charge is 2.27. The number of amides is 1. The van der Waals surface area contributed by atoms with Gasteiger partial charge in [-0.05, 0) is 45.9 Å². The first-order valence-corrected chi connectivity index (χ1v) is 7.62. The van der Waals surface area contributed by atoms with Crippen LogP contribution in [0.1, 0.15) is 62.7 Å². The SMILES string of the molecule is [2H]C([2H])([2H])C1([2H])CCC(Nc2nc(NC(C)(C)C)ncc2C(N)=O)CC1O. The largest absolute Gasteiger partial charge is 0.393 e. The molecule has 0 bridgehead atoms. The van der Waals surface area contributed by atoms with Crippen LogP contribution in [-0.4, -0.2) is 38.7 Å². The van der Waals surface area contributed by atoms with Crippen molar-refractivity contribution in [2.45, 2.75) is 64.6 Å². The fraction of sp³-hybridized carbons (Fsp3) is 0.688. The van der Waals surface area contributed by atoms with E-state index in [2.05, 4.69) is 20.6 Å². The van der Waals surface area contributed by atoms with Crippen molar-refractivity contribution >= 4 is 17.7 Å². The summed E-state index contributed by atoms with van der Waals surface area (Å²) in [5.74, 6) is -2.08. The minimum Gasteiger partial charge on any atom is -0.393 e. The van der Waals surface area contributed by atoms with Crippen molar-refractivity contribution in [1.82, 2.24) is 9.97 Å². The molecular formula is C16H27N5O2. The third kappa shape index (κ3) is 4.79. The molecule has 7 nitrogen and oxygen atoms in total. The number of aliphatic hydroxyl groups excluding tert-OH is 1. The number of hydrogen-bond donors (Lipinski definition) is 4. The Balaban J connectivity index is 2.21. The average Bonchev–Trinajstić information content (AvgIpc) is 2.48. The number of aromatic nitrogens is 2. The van der Waals surface area contributed by atoms with Gasteiger partial charge in [0.05, 0.1) is 11.7 Å². The number of anilines is 2. The molecule has 1 saturated carbocycles. The summed E-state index contributed by atoms with van der Waals surface area (Å²) in [7, 11) is 0. The fourth-order valence-electron chi connectivity index (χ4n) is 2.42. The lowest BCUT2D eigenvalue weighted by molar-refractivity contribution is 0.0739. The summed E-state index contributed by atoms with van der Waals surface area (Å²) in [5.41, 5.74) is 5.20. The van der Waals surface area contributed by atoms with Crippen LogP contribution >= 0.6 is 0 Å². The second-order valence-corrected chi connectivity index (χ2v) is 6.85. The second-order valence-electron chi connectivity index (χ2n) is 6.85. The van der Waals surface area contributed by atoms with Crippen molar-refractivity contribution in [3.8, 4) is 0 Å². The number of nitrogens with two attached hydrogens (primary N) is 1. The van der Waals surface area contributed by atoms with Crippen LogP contribution < -0.4 is 16.4 Å². The molecule has 1 fully saturated rings. The molecule has 23 heavy (non-hydrogen) atoms. The maximum Gasteiger partial charge on any atom is 0.254 e. The number of carbonyl (C=O) groups excluding carboxylic acids is 1. The number of primary amides is 1. The smallest absolute Gasteiger partial charge is 0.254 e. The van der Waals surface area contributed by atoms with Gasteiger partial charge in [0, 0.05) is 23.3 Å². The van der Waals surface area contributed by atoms with Crippen molar-refractivity contribution < 1.29 is 15.4 Å². The Bertz CT molecular complexity index is 707. The maximum atomic E-state index is 11.7. The number of hydrogen-bond acceptors (Lipinski definition) is 6. The molecule has 0 radical (unpaired) electrons. The van der Waals surface area contributed by atoms with E-state index in [-0.39, 0.29) is 35.8 Å². The van der Waals surface area contributed by atoms with Crippen LogP contribution in [0.3, 0.4) is 0 Å². The molecule has 128 valence electrons. The minimum absolute atomic E-state index is 0.00752. The highest BCUT2D eigenvalue weighted by molar-refractivity contribution is 5.97. The number of rotatable bonds is 4. The molecule has 7 heteroatoms. The molecule has 0 saturated heterocycles. The van der Waals surface area contributed by atoms with Gasteiger partial charge in [-0.2, -0.15) is 4.98 Å². The van der Waals surface area contributed by atoms with Crippen LogP contribution in [0.15, 0.2) is 6.20 Å². The zero-order valence-corrected chi connectivity index (χ0v) is 13.7. The molecule has 0 aromatic carbocycles. The number of nitrogens with one attached hydrogen (secondary N) is 2. The van der Waals surface area contributed by atoms with E-state index < -0.39 is 24.8 Å². The summed E-state index contributed by atoms with van der Waals surface area (Å²) >= 11 is 0. The summed E-state index contributed by atoms with van der Waals surface area (Å²) in [6.07, 6.45) is 0.367. The normalized spacial score (nSPS) is 31.3. The van der Waals surface area contributed by atoms with Gasteiger partial charge in [0.2, 0.25) is 5.95 Å². The maximum absolute atomic E-state index is 11.7. The van der Waals surface area contributed by atoms with E-state index in [0.29, 0.717) is 12.4 Å². The summed E-state index contributed by atoms with van der Waals surface area (Å²) < 4.78 is 30.7. The van der Waals surface area contributed by atoms with Crippen LogP contribution in [-0.2, 0) is 0 Å². The van der Waals surface area contributed by atoms with E-state index in [0.717, 1.165) is 0 Å². The van der Waals surface area contributed by atoms with Gasteiger partial charge < -0.3 is 21.5 Å². The third-order valence-electron chi connectivity index (χ3n) is 3.55. The third-order valence-corrected chi connectivity index (χ3v) is 3.55. The topological polar surface area (TPSA) is 113 Å². The quantitative estimate of drug-likeness (QED) is 0.671. The lowest BCUT2D eigenvalue weighted by atomic mass is 9.85. The van der Waals surface area contributed by atoms with Crippen LogP contribution in [0.25, 0.3) is 0 Å². The Morgan fingerprint density at radius 1 is 1.52 bits per heavy atom. The van der Waals surface area contributed by atoms with Crippen molar-refractivity contribution in [3.05, 3.63) is 11.8 Å². The predicted molar refractivity (Wildman–Crippen MR) is 90.4 cm³/mol. The van der Waals surface area contributed by atoms with Gasteiger partial charge in [-0.1, -0.05) is 6.85 Å². The summed E-state index contributed by atoms with van der Waals surface area (Å²) in [4.78, 5) is 20.1. The standard InChI is InChI=1S/C16H27N5O2/c1-9-5-6-10(7-12(9)22)19-14-11(13(17)23)8-18-15(20-14)21-16(2,3)4/h8-10,12,22H,5-7H2,1-4H3,(H2,17,23)(H2,18,19,20,21)/i1D3,9D. The Hall–Kier alpha value is -1.89. The molecule has 0 spiro atoms. The summed E-state index contributed by atoms with van der Waals surface area (Å²) in [6.45, 7) is 3.23. The van der Waals surface area contributed by atoms with E-state index >= 15 is 0 Å². The Morgan fingerprint density at radius 2 is 2.26 bits per heavy atom. The van der Waals surface area contributed by atoms with Crippen molar-refractivity contribution in [2.75, 3.05) is 10.6 Å². The average molecular weight is 325 g/mol. The molecule has 1 aromatic heterocycles. The zero-order chi connectivity index (χ0) is 20.6. The molecule has 5 N–H and O–H groups in total. The molecule has 3 unspecified atom stereocenters. The van der Waals surface area contributed by atoms with Crippen LogP contribution in [0.4, 0.5) is 11.8 Å². The van der Waals surface area contributed by atoms with Gasteiger partial charge in [-0.15, -0.1) is 0 Å². The van der Waals surface area contributed by atoms with Gasteiger partial charge in [0.15, 0.2) is 0 Å². The van der Waals surface area contributed by atoms with Gasteiger partial charge in [-0.25, -0.2) is 4.98 Å². The van der Waals surface area contributed by atoms with Gasteiger partial charge in [0.25, 0.3) is 5.91 Å². The molecule has 0 aliphatic heterocycles. The number of carbonyl (C=O) groups is 1. The molecule has 1 amide bonds. The van der Waals surface area contributed by atoms with Gasteiger partial charge >= 0.3 is 0 Å². The minimum atomic E-state index is -2.57. The van der Waals surface area contributed by atoms with E-state index in [1.807, 2.05) is 20.8 Å². The van der Waals surface area contributed by atoms with E-state index in [1.165, 1.54) is 6.20 Å². The molecule has 3 atom stereocenters. The van der Waals surface area contributed by atoms with Crippen LogP contribution in [0, 0.1) is 5.89 Å². The lowest BCUT2D eigenvalue weighted by Crippen LogP contribution is -2.36. The van der Waals surface area contributed by atoms with Crippen molar-refractivity contribution in [1.29, 1.82) is 0 Å². The Labute approximate surface area is 142 Å². The molecule has 1 aromatic rings.